The molecule has 0 bridgehead atoms. The number of halogens is 1. The highest BCUT2D eigenvalue weighted by molar-refractivity contribution is 6.33. The van der Waals surface area contributed by atoms with E-state index >= 15 is 0 Å². The number of benzene rings is 1. The van der Waals surface area contributed by atoms with E-state index in [2.05, 4.69) is 21.9 Å². The molecule has 1 unspecified atom stereocenters. The highest BCUT2D eigenvalue weighted by Gasteiger charge is 2.35. The zero-order valence-corrected chi connectivity index (χ0v) is 12.0. The van der Waals surface area contributed by atoms with E-state index in [1.807, 2.05) is 12.1 Å². The van der Waals surface area contributed by atoms with Gasteiger partial charge in [-0.25, -0.2) is 0 Å². The Kier molecular flexibility index (Phi) is 3.96. The molecule has 1 aliphatic carbocycles. The number of anilines is 1. The summed E-state index contributed by atoms with van der Waals surface area (Å²) in [5, 5.41) is 0.855. The lowest BCUT2D eigenvalue weighted by atomic mass is 10.1. The summed E-state index contributed by atoms with van der Waals surface area (Å²) in [5.74, 6) is 0.858. The standard InChI is InChI=1S/C15H22ClN3/c16-13-3-1-2-4-14(13)18-7-9-19(10-8-18)15(11-17)12-5-6-12/h1-4,12,15H,5-11,17H2. The Morgan fingerprint density at radius 1 is 1.16 bits per heavy atom. The first kappa shape index (κ1) is 13.2. The topological polar surface area (TPSA) is 32.5 Å². The number of hydrogen-bond donors (Lipinski definition) is 1. The van der Waals surface area contributed by atoms with E-state index < -0.39 is 0 Å². The first-order chi connectivity index (χ1) is 9.29. The van der Waals surface area contributed by atoms with Gasteiger partial charge in [-0.15, -0.1) is 0 Å². The Morgan fingerprint density at radius 2 is 1.84 bits per heavy atom. The van der Waals surface area contributed by atoms with Crippen LogP contribution in [0.25, 0.3) is 0 Å². The van der Waals surface area contributed by atoms with Crippen LogP contribution in [0.15, 0.2) is 24.3 Å². The Balaban J connectivity index is 1.61. The van der Waals surface area contributed by atoms with Gasteiger partial charge in [0.25, 0.3) is 0 Å². The third kappa shape index (κ3) is 2.88. The highest BCUT2D eigenvalue weighted by Crippen LogP contribution is 2.35. The molecule has 1 saturated carbocycles. The van der Waals surface area contributed by atoms with Crippen molar-refractivity contribution in [3.05, 3.63) is 29.3 Å². The molecular formula is C15H22ClN3. The molecule has 1 aromatic carbocycles. The lowest BCUT2D eigenvalue weighted by molar-refractivity contribution is 0.171. The fourth-order valence-corrected chi connectivity index (χ4v) is 3.38. The predicted octanol–water partition coefficient (Wildman–Crippen LogP) is 2.20. The molecular weight excluding hydrogens is 258 g/mol. The van der Waals surface area contributed by atoms with Gasteiger partial charge in [0.1, 0.15) is 0 Å². The third-order valence-electron chi connectivity index (χ3n) is 4.38. The summed E-state index contributed by atoms with van der Waals surface area (Å²) in [7, 11) is 0. The molecule has 2 aliphatic rings. The van der Waals surface area contributed by atoms with E-state index in [-0.39, 0.29) is 0 Å². The number of nitrogens with zero attached hydrogens (tertiary/aromatic N) is 2. The fraction of sp³-hybridized carbons (Fsp3) is 0.600. The quantitative estimate of drug-likeness (QED) is 0.917. The van der Waals surface area contributed by atoms with Crippen molar-refractivity contribution < 1.29 is 0 Å². The summed E-state index contributed by atoms with van der Waals surface area (Å²) in [6, 6.07) is 8.73. The fourth-order valence-electron chi connectivity index (χ4n) is 3.12. The van der Waals surface area contributed by atoms with Crippen molar-refractivity contribution in [3.8, 4) is 0 Å². The molecule has 19 heavy (non-hydrogen) atoms. The van der Waals surface area contributed by atoms with Gasteiger partial charge in [0, 0.05) is 38.8 Å². The molecule has 104 valence electrons. The summed E-state index contributed by atoms with van der Waals surface area (Å²) in [5.41, 5.74) is 7.10. The van der Waals surface area contributed by atoms with E-state index in [0.29, 0.717) is 6.04 Å². The monoisotopic (exact) mass is 279 g/mol. The maximum absolute atomic E-state index is 6.27. The predicted molar refractivity (Wildman–Crippen MR) is 80.8 cm³/mol. The molecule has 4 heteroatoms. The number of hydrogen-bond acceptors (Lipinski definition) is 3. The zero-order valence-electron chi connectivity index (χ0n) is 11.3. The van der Waals surface area contributed by atoms with Crippen molar-refractivity contribution in [2.45, 2.75) is 18.9 Å². The summed E-state index contributed by atoms with van der Waals surface area (Å²) in [6.45, 7) is 5.10. The SMILES string of the molecule is NCC(C1CC1)N1CCN(c2ccccc2Cl)CC1. The average Bonchev–Trinajstić information content (AvgIpc) is 3.26. The van der Waals surface area contributed by atoms with Gasteiger partial charge in [-0.05, 0) is 30.9 Å². The van der Waals surface area contributed by atoms with Gasteiger partial charge < -0.3 is 10.6 Å². The molecule has 1 aromatic rings. The van der Waals surface area contributed by atoms with Gasteiger partial charge in [-0.2, -0.15) is 0 Å². The number of para-hydroxylation sites is 1. The van der Waals surface area contributed by atoms with E-state index in [4.69, 9.17) is 17.3 Å². The summed E-state index contributed by atoms with van der Waals surface area (Å²) in [6.07, 6.45) is 2.74. The largest absolute Gasteiger partial charge is 0.368 e. The van der Waals surface area contributed by atoms with Gasteiger partial charge in [-0.1, -0.05) is 23.7 Å². The first-order valence-corrected chi connectivity index (χ1v) is 7.61. The minimum absolute atomic E-state index is 0.605. The lowest BCUT2D eigenvalue weighted by Gasteiger charge is -2.40. The Morgan fingerprint density at radius 3 is 2.42 bits per heavy atom. The second kappa shape index (κ2) is 5.70. The van der Waals surface area contributed by atoms with Gasteiger partial charge in [0.05, 0.1) is 10.7 Å². The molecule has 2 fully saturated rings. The second-order valence-corrected chi connectivity index (χ2v) is 6.02. The smallest absolute Gasteiger partial charge is 0.0639 e. The number of nitrogens with two attached hydrogens (primary N) is 1. The summed E-state index contributed by atoms with van der Waals surface area (Å²) in [4.78, 5) is 4.96. The van der Waals surface area contributed by atoms with Crippen molar-refractivity contribution in [2.24, 2.45) is 11.7 Å². The number of piperazine rings is 1. The van der Waals surface area contributed by atoms with Crippen LogP contribution in [0.2, 0.25) is 5.02 Å². The van der Waals surface area contributed by atoms with Crippen molar-refractivity contribution in [3.63, 3.8) is 0 Å². The van der Waals surface area contributed by atoms with Gasteiger partial charge in [0.2, 0.25) is 0 Å². The van der Waals surface area contributed by atoms with Gasteiger partial charge >= 0.3 is 0 Å². The molecule has 1 atom stereocenters. The van der Waals surface area contributed by atoms with Crippen molar-refractivity contribution in [1.82, 2.24) is 4.90 Å². The average molecular weight is 280 g/mol. The van der Waals surface area contributed by atoms with Crippen LogP contribution >= 0.6 is 11.6 Å². The molecule has 0 amide bonds. The van der Waals surface area contributed by atoms with Crippen LogP contribution < -0.4 is 10.6 Å². The highest BCUT2D eigenvalue weighted by atomic mass is 35.5. The molecule has 0 aromatic heterocycles. The molecule has 1 aliphatic heterocycles. The maximum atomic E-state index is 6.27. The normalized spacial score (nSPS) is 22.5. The van der Waals surface area contributed by atoms with E-state index in [1.165, 1.54) is 18.5 Å². The van der Waals surface area contributed by atoms with E-state index in [9.17, 15) is 0 Å². The third-order valence-corrected chi connectivity index (χ3v) is 4.70. The molecule has 1 heterocycles. The Labute approximate surface area is 120 Å². The zero-order chi connectivity index (χ0) is 13.2. The van der Waals surface area contributed by atoms with E-state index in [1.54, 1.807) is 0 Å². The summed E-state index contributed by atoms with van der Waals surface area (Å²) < 4.78 is 0. The van der Waals surface area contributed by atoms with Crippen molar-refractivity contribution >= 4 is 17.3 Å². The van der Waals surface area contributed by atoms with Crippen LogP contribution in [0.3, 0.4) is 0 Å². The first-order valence-electron chi connectivity index (χ1n) is 7.23. The molecule has 0 radical (unpaired) electrons. The van der Waals surface area contributed by atoms with Crippen LogP contribution in [-0.2, 0) is 0 Å². The molecule has 2 N–H and O–H groups in total. The van der Waals surface area contributed by atoms with Crippen LogP contribution in [0.5, 0.6) is 0 Å². The van der Waals surface area contributed by atoms with Crippen LogP contribution in [0.4, 0.5) is 5.69 Å². The maximum Gasteiger partial charge on any atom is 0.0639 e. The molecule has 3 rings (SSSR count). The van der Waals surface area contributed by atoms with Crippen molar-refractivity contribution in [1.29, 1.82) is 0 Å². The Hall–Kier alpha value is -0.770. The molecule has 1 saturated heterocycles. The Bertz CT molecular complexity index is 425. The minimum Gasteiger partial charge on any atom is -0.368 e. The van der Waals surface area contributed by atoms with Crippen LogP contribution in [-0.4, -0.2) is 43.7 Å². The van der Waals surface area contributed by atoms with Gasteiger partial charge in [-0.3, -0.25) is 4.90 Å². The van der Waals surface area contributed by atoms with Crippen LogP contribution in [0, 0.1) is 5.92 Å². The number of rotatable bonds is 4. The lowest BCUT2D eigenvalue weighted by Crippen LogP contribution is -2.53. The van der Waals surface area contributed by atoms with Crippen LogP contribution in [0.1, 0.15) is 12.8 Å². The molecule has 0 spiro atoms. The second-order valence-electron chi connectivity index (χ2n) is 5.61. The minimum atomic E-state index is 0.605. The molecule has 3 nitrogen and oxygen atoms in total. The summed E-state index contributed by atoms with van der Waals surface area (Å²) >= 11 is 6.27. The van der Waals surface area contributed by atoms with E-state index in [0.717, 1.165) is 43.7 Å². The van der Waals surface area contributed by atoms with Gasteiger partial charge in [0.15, 0.2) is 0 Å². The van der Waals surface area contributed by atoms with Crippen molar-refractivity contribution in [2.75, 3.05) is 37.6 Å².